The molecule has 3 rings (SSSR count). The lowest BCUT2D eigenvalue weighted by Gasteiger charge is -2.19. The molecule has 1 aromatic heterocycles. The Hall–Kier alpha value is -2.10. The van der Waals surface area contributed by atoms with Crippen LogP contribution in [0, 0.1) is 0 Å². The Labute approximate surface area is 105 Å². The summed E-state index contributed by atoms with van der Waals surface area (Å²) in [6.45, 7) is 2.14. The highest BCUT2D eigenvalue weighted by atomic mass is 16.4. The maximum absolute atomic E-state index is 10.9. The van der Waals surface area contributed by atoms with Crippen molar-refractivity contribution >= 4 is 22.6 Å². The highest BCUT2D eigenvalue weighted by molar-refractivity contribution is 5.97. The van der Waals surface area contributed by atoms with E-state index in [9.17, 15) is 4.79 Å². The van der Waals surface area contributed by atoms with E-state index in [0.29, 0.717) is 0 Å². The first-order chi connectivity index (χ1) is 8.75. The second-order valence-electron chi connectivity index (χ2n) is 4.56. The van der Waals surface area contributed by atoms with E-state index in [0.717, 1.165) is 29.7 Å². The smallest absolute Gasteiger partial charge is 0.335 e. The Balaban J connectivity index is 2.13. The molecular formula is C14H14N2O2. The normalized spacial score (nSPS) is 15.2. The third-order valence-electron chi connectivity index (χ3n) is 3.41. The quantitative estimate of drug-likeness (QED) is 0.879. The maximum atomic E-state index is 10.9. The Morgan fingerprint density at radius 2 is 2.00 bits per heavy atom. The van der Waals surface area contributed by atoms with E-state index >= 15 is 0 Å². The summed E-state index contributed by atoms with van der Waals surface area (Å²) in [5.41, 5.74) is 2.20. The lowest BCUT2D eigenvalue weighted by molar-refractivity contribution is 0.0697. The molecule has 0 saturated carbocycles. The molecule has 1 saturated heterocycles. The molecule has 1 aromatic carbocycles. The zero-order valence-corrected chi connectivity index (χ0v) is 9.97. The van der Waals surface area contributed by atoms with Gasteiger partial charge in [-0.05, 0) is 37.1 Å². The summed E-state index contributed by atoms with van der Waals surface area (Å²) >= 11 is 0. The van der Waals surface area contributed by atoms with Crippen LogP contribution < -0.4 is 4.90 Å². The van der Waals surface area contributed by atoms with Gasteiger partial charge in [-0.25, -0.2) is 4.79 Å². The van der Waals surface area contributed by atoms with Crippen molar-refractivity contribution < 1.29 is 9.90 Å². The topological polar surface area (TPSA) is 53.4 Å². The fourth-order valence-electron chi connectivity index (χ4n) is 2.50. The van der Waals surface area contributed by atoms with Crippen LogP contribution in [0.15, 0.2) is 30.5 Å². The van der Waals surface area contributed by atoms with Gasteiger partial charge in [0.2, 0.25) is 0 Å². The molecule has 1 N–H and O–H groups in total. The minimum absolute atomic E-state index is 0.286. The monoisotopic (exact) mass is 242 g/mol. The predicted molar refractivity (Wildman–Crippen MR) is 70.1 cm³/mol. The van der Waals surface area contributed by atoms with Crippen molar-refractivity contribution in [2.75, 3.05) is 18.0 Å². The van der Waals surface area contributed by atoms with Crippen LogP contribution in [0.3, 0.4) is 0 Å². The van der Waals surface area contributed by atoms with Crippen LogP contribution in [0.2, 0.25) is 0 Å². The van der Waals surface area contributed by atoms with E-state index in [1.165, 1.54) is 12.8 Å². The van der Waals surface area contributed by atoms with Crippen molar-refractivity contribution in [2.24, 2.45) is 0 Å². The highest BCUT2D eigenvalue weighted by Gasteiger charge is 2.15. The Morgan fingerprint density at radius 1 is 1.22 bits per heavy atom. The molecule has 2 heterocycles. The lowest BCUT2D eigenvalue weighted by Crippen LogP contribution is -2.17. The Bertz CT molecular complexity index is 604. The molecule has 1 aliphatic rings. The van der Waals surface area contributed by atoms with E-state index in [2.05, 4.69) is 9.88 Å². The third-order valence-corrected chi connectivity index (χ3v) is 3.41. The van der Waals surface area contributed by atoms with Crippen LogP contribution in [0.1, 0.15) is 23.2 Å². The van der Waals surface area contributed by atoms with E-state index in [-0.39, 0.29) is 5.56 Å². The maximum Gasteiger partial charge on any atom is 0.335 e. The first kappa shape index (κ1) is 11.0. The van der Waals surface area contributed by atoms with Crippen LogP contribution in [0.25, 0.3) is 10.9 Å². The van der Waals surface area contributed by atoms with Crippen LogP contribution >= 0.6 is 0 Å². The van der Waals surface area contributed by atoms with Crippen LogP contribution in [-0.2, 0) is 0 Å². The predicted octanol–water partition coefficient (Wildman–Crippen LogP) is 2.53. The fraction of sp³-hybridized carbons (Fsp3) is 0.286. The molecule has 1 aliphatic heterocycles. The molecule has 0 radical (unpaired) electrons. The number of carbonyl (C=O) groups is 1. The van der Waals surface area contributed by atoms with Gasteiger partial charge in [0.05, 0.1) is 11.1 Å². The molecule has 92 valence electrons. The Kier molecular flexibility index (Phi) is 2.63. The van der Waals surface area contributed by atoms with Gasteiger partial charge in [0, 0.05) is 30.4 Å². The molecule has 0 aliphatic carbocycles. The summed E-state index contributed by atoms with van der Waals surface area (Å²) in [4.78, 5) is 17.6. The van der Waals surface area contributed by atoms with Crippen LogP contribution in [-0.4, -0.2) is 29.1 Å². The summed E-state index contributed by atoms with van der Waals surface area (Å²) in [6, 6.07) is 7.15. The van der Waals surface area contributed by atoms with E-state index < -0.39 is 5.97 Å². The van der Waals surface area contributed by atoms with E-state index in [1.54, 1.807) is 18.3 Å². The number of hydrogen-bond acceptors (Lipinski definition) is 3. The fourth-order valence-corrected chi connectivity index (χ4v) is 2.50. The molecule has 4 heteroatoms. The number of nitrogens with zero attached hydrogens (tertiary/aromatic N) is 2. The SMILES string of the molecule is O=C(O)c1ccc2c(N3CCCC3)ccnc2c1. The average molecular weight is 242 g/mol. The van der Waals surface area contributed by atoms with Crippen molar-refractivity contribution in [1.29, 1.82) is 0 Å². The van der Waals surface area contributed by atoms with Gasteiger partial charge < -0.3 is 10.0 Å². The van der Waals surface area contributed by atoms with Gasteiger partial charge >= 0.3 is 5.97 Å². The zero-order valence-electron chi connectivity index (χ0n) is 9.97. The van der Waals surface area contributed by atoms with Gasteiger partial charge in [0.1, 0.15) is 0 Å². The lowest BCUT2D eigenvalue weighted by atomic mass is 10.1. The van der Waals surface area contributed by atoms with Crippen LogP contribution in [0.4, 0.5) is 5.69 Å². The molecule has 2 aromatic rings. The van der Waals surface area contributed by atoms with Crippen molar-refractivity contribution in [3.05, 3.63) is 36.0 Å². The van der Waals surface area contributed by atoms with Gasteiger partial charge in [0.25, 0.3) is 0 Å². The second kappa shape index (κ2) is 4.29. The summed E-state index contributed by atoms with van der Waals surface area (Å²) in [5.74, 6) is -0.912. The van der Waals surface area contributed by atoms with Crippen molar-refractivity contribution in [3.8, 4) is 0 Å². The number of hydrogen-bond donors (Lipinski definition) is 1. The average Bonchev–Trinajstić information content (AvgIpc) is 2.91. The second-order valence-corrected chi connectivity index (χ2v) is 4.56. The molecule has 0 atom stereocenters. The third kappa shape index (κ3) is 1.79. The molecule has 1 fully saturated rings. The van der Waals surface area contributed by atoms with Crippen LogP contribution in [0.5, 0.6) is 0 Å². The summed E-state index contributed by atoms with van der Waals surface area (Å²) in [7, 11) is 0. The summed E-state index contributed by atoms with van der Waals surface area (Å²) < 4.78 is 0. The van der Waals surface area contributed by atoms with Gasteiger partial charge in [-0.15, -0.1) is 0 Å². The van der Waals surface area contributed by atoms with Gasteiger partial charge in [-0.3, -0.25) is 4.98 Å². The minimum Gasteiger partial charge on any atom is -0.478 e. The number of aromatic carboxylic acids is 1. The summed E-state index contributed by atoms with van der Waals surface area (Å²) in [6.07, 6.45) is 4.19. The van der Waals surface area contributed by atoms with Crippen molar-refractivity contribution in [1.82, 2.24) is 4.98 Å². The summed E-state index contributed by atoms with van der Waals surface area (Å²) in [5, 5.41) is 10.0. The molecule has 18 heavy (non-hydrogen) atoms. The number of carboxylic acid groups (broad SMARTS) is 1. The molecule has 0 amide bonds. The molecule has 0 unspecified atom stereocenters. The Morgan fingerprint density at radius 3 is 2.72 bits per heavy atom. The number of rotatable bonds is 2. The first-order valence-electron chi connectivity index (χ1n) is 6.13. The first-order valence-corrected chi connectivity index (χ1v) is 6.13. The minimum atomic E-state index is -0.912. The molecular weight excluding hydrogens is 228 g/mol. The number of pyridine rings is 1. The van der Waals surface area contributed by atoms with E-state index in [1.807, 2.05) is 12.1 Å². The molecule has 0 bridgehead atoms. The largest absolute Gasteiger partial charge is 0.478 e. The molecule has 0 spiro atoms. The zero-order chi connectivity index (χ0) is 12.5. The molecule has 4 nitrogen and oxygen atoms in total. The standard InChI is InChI=1S/C14H14N2O2/c17-14(18)10-3-4-11-12(9-10)15-6-5-13(11)16-7-1-2-8-16/h3-6,9H,1-2,7-8H2,(H,17,18). The number of anilines is 1. The van der Waals surface area contributed by atoms with Crippen molar-refractivity contribution in [3.63, 3.8) is 0 Å². The highest BCUT2D eigenvalue weighted by Crippen LogP contribution is 2.28. The number of carboxylic acids is 1. The van der Waals surface area contributed by atoms with E-state index in [4.69, 9.17) is 5.11 Å². The van der Waals surface area contributed by atoms with Gasteiger partial charge in [-0.2, -0.15) is 0 Å². The number of fused-ring (bicyclic) bond motifs is 1. The van der Waals surface area contributed by atoms with Gasteiger partial charge in [-0.1, -0.05) is 0 Å². The number of aromatic nitrogens is 1. The van der Waals surface area contributed by atoms with Crippen molar-refractivity contribution in [2.45, 2.75) is 12.8 Å². The van der Waals surface area contributed by atoms with Gasteiger partial charge in [0.15, 0.2) is 0 Å². The number of benzene rings is 1.